The molecule has 0 radical (unpaired) electrons. The molecule has 0 aliphatic rings. The summed E-state index contributed by atoms with van der Waals surface area (Å²) in [5.41, 5.74) is 4.92. The monoisotopic (exact) mass is 296 g/mol. The van der Waals surface area contributed by atoms with Crippen LogP contribution in [0, 0.1) is 0 Å². The van der Waals surface area contributed by atoms with Gasteiger partial charge < -0.3 is 15.2 Å². The third-order valence-corrected chi connectivity index (χ3v) is 3.06. The van der Waals surface area contributed by atoms with Crippen molar-refractivity contribution in [1.29, 1.82) is 0 Å². The third-order valence-electron chi connectivity index (χ3n) is 3.06. The Morgan fingerprint density at radius 1 is 1.18 bits per heavy atom. The van der Waals surface area contributed by atoms with Crippen molar-refractivity contribution < 1.29 is 15.0 Å². The minimum atomic E-state index is -0.365. The van der Waals surface area contributed by atoms with Crippen molar-refractivity contribution in [3.05, 3.63) is 53.9 Å². The number of hydrazone groups is 1. The van der Waals surface area contributed by atoms with E-state index >= 15 is 0 Å². The Hall–Kier alpha value is -3.35. The molecule has 0 spiro atoms. The fraction of sp³-hybridized carbons (Fsp3) is 0. The maximum atomic E-state index is 12.0. The highest BCUT2D eigenvalue weighted by Gasteiger charge is 2.06. The lowest BCUT2D eigenvalue weighted by Gasteiger charge is -2.00. The largest absolute Gasteiger partial charge is 0.504 e. The SMILES string of the molecule is O=C(NN=Cc1ccc(O)c(O)c1)c1ccc2nc[nH]c2c1. The van der Waals surface area contributed by atoms with E-state index < -0.39 is 0 Å². The molecule has 0 aliphatic heterocycles. The van der Waals surface area contributed by atoms with Crippen LogP contribution < -0.4 is 5.43 Å². The van der Waals surface area contributed by atoms with Crippen LogP contribution in [0.2, 0.25) is 0 Å². The molecule has 0 aliphatic carbocycles. The molecule has 22 heavy (non-hydrogen) atoms. The van der Waals surface area contributed by atoms with Crippen LogP contribution in [0.15, 0.2) is 47.8 Å². The summed E-state index contributed by atoms with van der Waals surface area (Å²) >= 11 is 0. The van der Waals surface area contributed by atoms with Crippen molar-refractivity contribution in [2.75, 3.05) is 0 Å². The first-order valence-electron chi connectivity index (χ1n) is 6.42. The van der Waals surface area contributed by atoms with Crippen molar-refractivity contribution in [2.45, 2.75) is 0 Å². The normalized spacial score (nSPS) is 11.1. The lowest BCUT2D eigenvalue weighted by molar-refractivity contribution is 0.0955. The van der Waals surface area contributed by atoms with E-state index in [-0.39, 0.29) is 17.4 Å². The molecule has 0 bridgehead atoms. The van der Waals surface area contributed by atoms with Crippen LogP contribution in [0.5, 0.6) is 11.5 Å². The lowest BCUT2D eigenvalue weighted by Crippen LogP contribution is -2.17. The molecule has 2 aromatic carbocycles. The molecule has 110 valence electrons. The topological polar surface area (TPSA) is 111 Å². The molecular formula is C15H12N4O3. The number of benzene rings is 2. The van der Waals surface area contributed by atoms with Gasteiger partial charge in [0.15, 0.2) is 11.5 Å². The van der Waals surface area contributed by atoms with Gasteiger partial charge in [0.1, 0.15) is 0 Å². The molecule has 1 amide bonds. The van der Waals surface area contributed by atoms with Gasteiger partial charge >= 0.3 is 0 Å². The van der Waals surface area contributed by atoms with E-state index in [0.717, 1.165) is 11.0 Å². The summed E-state index contributed by atoms with van der Waals surface area (Å²) in [5.74, 6) is -0.829. The first-order chi connectivity index (χ1) is 10.6. The maximum Gasteiger partial charge on any atom is 0.271 e. The van der Waals surface area contributed by atoms with Gasteiger partial charge in [-0.25, -0.2) is 10.4 Å². The molecule has 7 heteroatoms. The first-order valence-corrected chi connectivity index (χ1v) is 6.42. The molecule has 1 aromatic heterocycles. The molecular weight excluding hydrogens is 284 g/mol. The van der Waals surface area contributed by atoms with Crippen molar-refractivity contribution in [3.63, 3.8) is 0 Å². The van der Waals surface area contributed by atoms with Gasteiger partial charge in [-0.2, -0.15) is 5.10 Å². The predicted octanol–water partition coefficient (Wildman–Crippen LogP) is 1.74. The summed E-state index contributed by atoms with van der Waals surface area (Å²) in [6.45, 7) is 0. The number of fused-ring (bicyclic) bond motifs is 1. The molecule has 0 saturated heterocycles. The zero-order valence-electron chi connectivity index (χ0n) is 11.3. The number of carbonyl (C=O) groups is 1. The Labute approximate surface area is 124 Å². The summed E-state index contributed by atoms with van der Waals surface area (Å²) in [7, 11) is 0. The summed E-state index contributed by atoms with van der Waals surface area (Å²) in [5, 5.41) is 22.4. The van der Waals surface area contributed by atoms with Gasteiger partial charge in [0.2, 0.25) is 0 Å². The first kappa shape index (κ1) is 13.6. The van der Waals surface area contributed by atoms with Gasteiger partial charge in [0.25, 0.3) is 5.91 Å². The molecule has 0 saturated carbocycles. The van der Waals surface area contributed by atoms with Gasteiger partial charge in [-0.05, 0) is 42.0 Å². The van der Waals surface area contributed by atoms with Crippen LogP contribution in [-0.2, 0) is 0 Å². The number of aromatic hydroxyl groups is 2. The Morgan fingerprint density at radius 3 is 2.86 bits per heavy atom. The third kappa shape index (κ3) is 2.73. The van der Waals surface area contributed by atoms with Crippen LogP contribution in [0.3, 0.4) is 0 Å². The average Bonchev–Trinajstić information content (AvgIpc) is 2.98. The van der Waals surface area contributed by atoms with Gasteiger partial charge in [-0.1, -0.05) is 0 Å². The fourth-order valence-electron chi connectivity index (χ4n) is 1.93. The predicted molar refractivity (Wildman–Crippen MR) is 80.9 cm³/mol. The number of amides is 1. The lowest BCUT2D eigenvalue weighted by atomic mass is 10.2. The molecule has 4 N–H and O–H groups in total. The van der Waals surface area contributed by atoms with Crippen LogP contribution in [0.25, 0.3) is 11.0 Å². The Balaban J connectivity index is 1.70. The summed E-state index contributed by atoms with van der Waals surface area (Å²) < 4.78 is 0. The van der Waals surface area contributed by atoms with Crippen LogP contribution >= 0.6 is 0 Å². The zero-order chi connectivity index (χ0) is 15.5. The number of H-pyrrole nitrogens is 1. The number of nitrogens with one attached hydrogen (secondary N) is 2. The van der Waals surface area contributed by atoms with E-state index in [1.807, 2.05) is 0 Å². The zero-order valence-corrected chi connectivity index (χ0v) is 11.3. The Bertz CT molecular complexity index is 870. The second-order valence-electron chi connectivity index (χ2n) is 4.58. The number of rotatable bonds is 3. The Kier molecular flexibility index (Phi) is 3.45. The summed E-state index contributed by atoms with van der Waals surface area (Å²) in [6, 6.07) is 9.30. The number of aromatic amines is 1. The number of aromatic nitrogens is 2. The second-order valence-corrected chi connectivity index (χ2v) is 4.58. The van der Waals surface area contributed by atoms with Crippen molar-refractivity contribution in [1.82, 2.24) is 15.4 Å². The smallest absolute Gasteiger partial charge is 0.271 e. The quantitative estimate of drug-likeness (QED) is 0.335. The number of phenolic OH excluding ortho intramolecular Hbond substituents is 2. The highest BCUT2D eigenvalue weighted by molar-refractivity contribution is 5.97. The number of hydrogen-bond acceptors (Lipinski definition) is 5. The van der Waals surface area contributed by atoms with Crippen LogP contribution in [0.4, 0.5) is 0 Å². The maximum absolute atomic E-state index is 12.0. The fourth-order valence-corrected chi connectivity index (χ4v) is 1.93. The van der Waals surface area contributed by atoms with E-state index in [4.69, 9.17) is 0 Å². The number of phenols is 2. The van der Waals surface area contributed by atoms with Gasteiger partial charge in [0.05, 0.1) is 23.6 Å². The molecule has 0 atom stereocenters. The number of carbonyl (C=O) groups excluding carboxylic acids is 1. The number of imidazole rings is 1. The van der Waals surface area contributed by atoms with Crippen molar-refractivity contribution in [3.8, 4) is 11.5 Å². The molecule has 3 aromatic rings. The minimum absolute atomic E-state index is 0.214. The van der Waals surface area contributed by atoms with E-state index in [2.05, 4.69) is 20.5 Å². The minimum Gasteiger partial charge on any atom is -0.504 e. The van der Waals surface area contributed by atoms with Gasteiger partial charge in [0, 0.05) is 5.56 Å². The summed E-state index contributed by atoms with van der Waals surface area (Å²) in [4.78, 5) is 19.0. The number of nitrogens with zero attached hydrogens (tertiary/aromatic N) is 2. The van der Waals surface area contributed by atoms with Crippen molar-refractivity contribution >= 4 is 23.2 Å². The molecule has 0 unspecified atom stereocenters. The van der Waals surface area contributed by atoms with E-state index in [0.29, 0.717) is 11.1 Å². The highest BCUT2D eigenvalue weighted by Crippen LogP contribution is 2.23. The van der Waals surface area contributed by atoms with Crippen LogP contribution in [0.1, 0.15) is 15.9 Å². The van der Waals surface area contributed by atoms with Gasteiger partial charge in [-0.3, -0.25) is 4.79 Å². The number of hydrogen-bond donors (Lipinski definition) is 4. The van der Waals surface area contributed by atoms with Crippen LogP contribution in [-0.4, -0.2) is 32.3 Å². The average molecular weight is 296 g/mol. The van der Waals surface area contributed by atoms with E-state index in [1.165, 1.54) is 18.3 Å². The molecule has 0 fully saturated rings. The highest BCUT2D eigenvalue weighted by atomic mass is 16.3. The second kappa shape index (κ2) is 5.57. The van der Waals surface area contributed by atoms with Crippen molar-refractivity contribution in [2.24, 2.45) is 5.10 Å². The standard InChI is InChI=1S/C15H12N4O3/c20-13-4-1-9(5-14(13)21)7-18-19-15(22)10-2-3-11-12(6-10)17-8-16-11/h1-8,20-21H,(H,16,17)(H,19,22). The van der Waals surface area contributed by atoms with Gasteiger partial charge in [-0.15, -0.1) is 0 Å². The molecule has 7 nitrogen and oxygen atoms in total. The molecule has 3 rings (SSSR count). The Morgan fingerprint density at radius 2 is 2.05 bits per heavy atom. The van der Waals surface area contributed by atoms with E-state index in [1.54, 1.807) is 30.6 Å². The summed E-state index contributed by atoms with van der Waals surface area (Å²) in [6.07, 6.45) is 2.92. The molecule has 1 heterocycles. The van der Waals surface area contributed by atoms with E-state index in [9.17, 15) is 15.0 Å².